The smallest absolute Gasteiger partial charge is 0.265 e. The average molecular weight is 342 g/mol. The lowest BCUT2D eigenvalue weighted by Gasteiger charge is -2.27. The van der Waals surface area contributed by atoms with Crippen LogP contribution in [0.4, 0.5) is 5.69 Å². The number of hydrogen-bond acceptors (Lipinski definition) is 2. The highest BCUT2D eigenvalue weighted by Gasteiger charge is 2.34. The van der Waals surface area contributed by atoms with Gasteiger partial charge in [0.25, 0.3) is 11.8 Å². The van der Waals surface area contributed by atoms with E-state index < -0.39 is 0 Å². The van der Waals surface area contributed by atoms with Gasteiger partial charge in [-0.05, 0) is 36.4 Å². The highest BCUT2D eigenvalue weighted by Crippen LogP contribution is 2.39. The molecule has 0 fully saturated rings. The highest BCUT2D eigenvalue weighted by molar-refractivity contribution is 6.46. The third-order valence-electron chi connectivity index (χ3n) is 3.94. The van der Waals surface area contributed by atoms with Crippen LogP contribution in [0, 0.1) is 0 Å². The number of nitrogens with zero attached hydrogens (tertiary/aromatic N) is 1. The van der Waals surface area contributed by atoms with Gasteiger partial charge in [0.05, 0.1) is 5.69 Å². The van der Waals surface area contributed by atoms with E-state index in [9.17, 15) is 9.59 Å². The zero-order valence-electron chi connectivity index (χ0n) is 11.7. The summed E-state index contributed by atoms with van der Waals surface area (Å²) in [5.74, 6) is -0.754. The monoisotopic (exact) mass is 341 g/mol. The number of halogens is 2. The Hall–Kier alpha value is -2.36. The molecule has 0 spiro atoms. The molecule has 3 nitrogen and oxygen atoms in total. The number of para-hydroxylation sites is 1. The van der Waals surface area contributed by atoms with Gasteiger partial charge in [-0.25, -0.2) is 4.90 Å². The maximum Gasteiger partial charge on any atom is 0.265 e. The number of benzene rings is 3. The van der Waals surface area contributed by atoms with Crippen molar-refractivity contribution in [3.63, 3.8) is 0 Å². The van der Waals surface area contributed by atoms with Gasteiger partial charge in [-0.1, -0.05) is 41.4 Å². The Balaban J connectivity index is 2.06. The van der Waals surface area contributed by atoms with Crippen molar-refractivity contribution < 1.29 is 9.59 Å². The minimum absolute atomic E-state index is 0.377. The summed E-state index contributed by atoms with van der Waals surface area (Å²) in [4.78, 5) is 26.9. The summed E-state index contributed by atoms with van der Waals surface area (Å²) in [6.07, 6.45) is 0. The Morgan fingerprint density at radius 2 is 1.17 bits per heavy atom. The molecule has 23 heavy (non-hydrogen) atoms. The van der Waals surface area contributed by atoms with E-state index in [0.29, 0.717) is 37.6 Å². The van der Waals surface area contributed by atoms with E-state index in [2.05, 4.69) is 0 Å². The molecule has 0 saturated carbocycles. The highest BCUT2D eigenvalue weighted by atomic mass is 35.5. The molecule has 3 aromatic rings. The summed E-state index contributed by atoms with van der Waals surface area (Å²) in [6, 6.07) is 15.4. The SMILES string of the molecule is O=C1c2ccc(Cl)c3c(Cl)ccc(c23)C(=O)N1c1ccccc1. The molecule has 5 heteroatoms. The first-order valence-corrected chi connectivity index (χ1v) is 7.70. The van der Waals surface area contributed by atoms with Crippen molar-refractivity contribution in [2.24, 2.45) is 0 Å². The summed E-state index contributed by atoms with van der Waals surface area (Å²) < 4.78 is 0. The summed E-state index contributed by atoms with van der Waals surface area (Å²) >= 11 is 12.4. The van der Waals surface area contributed by atoms with Crippen LogP contribution in [-0.2, 0) is 0 Å². The van der Waals surface area contributed by atoms with Gasteiger partial charge in [0.15, 0.2) is 0 Å². The molecule has 0 aliphatic carbocycles. The van der Waals surface area contributed by atoms with Gasteiger partial charge in [0.2, 0.25) is 0 Å². The van der Waals surface area contributed by atoms with Crippen molar-refractivity contribution in [2.45, 2.75) is 0 Å². The van der Waals surface area contributed by atoms with Crippen molar-refractivity contribution in [2.75, 3.05) is 4.90 Å². The first kappa shape index (κ1) is 14.2. The van der Waals surface area contributed by atoms with Gasteiger partial charge in [0.1, 0.15) is 0 Å². The maximum absolute atomic E-state index is 12.9. The third-order valence-corrected chi connectivity index (χ3v) is 4.57. The quantitative estimate of drug-likeness (QED) is 0.587. The molecule has 112 valence electrons. The molecular formula is C18H9Cl2NO2. The molecule has 0 radical (unpaired) electrons. The van der Waals surface area contributed by atoms with Gasteiger partial charge in [-0.15, -0.1) is 0 Å². The second kappa shape index (κ2) is 5.08. The zero-order valence-corrected chi connectivity index (χ0v) is 13.2. The minimum atomic E-state index is -0.377. The topological polar surface area (TPSA) is 37.4 Å². The molecule has 1 aliphatic rings. The normalized spacial score (nSPS) is 13.7. The Kier molecular flexibility index (Phi) is 3.15. The summed E-state index contributed by atoms with van der Waals surface area (Å²) in [5.41, 5.74) is 1.38. The van der Waals surface area contributed by atoms with E-state index in [1.54, 1.807) is 48.5 Å². The van der Waals surface area contributed by atoms with Crippen LogP contribution in [0.25, 0.3) is 10.8 Å². The van der Waals surface area contributed by atoms with E-state index in [0.717, 1.165) is 0 Å². The van der Waals surface area contributed by atoms with Crippen molar-refractivity contribution in [3.8, 4) is 0 Å². The molecule has 0 aromatic heterocycles. The van der Waals surface area contributed by atoms with Crippen LogP contribution in [0.1, 0.15) is 20.7 Å². The molecule has 1 aliphatic heterocycles. The van der Waals surface area contributed by atoms with Crippen LogP contribution >= 0.6 is 23.2 Å². The second-order valence-corrected chi connectivity index (χ2v) is 6.04. The van der Waals surface area contributed by atoms with Gasteiger partial charge >= 0.3 is 0 Å². The van der Waals surface area contributed by atoms with Crippen molar-refractivity contribution in [1.29, 1.82) is 0 Å². The lowest BCUT2D eigenvalue weighted by molar-refractivity contribution is 0.0893. The lowest BCUT2D eigenvalue weighted by atomic mass is 9.93. The summed E-state index contributed by atoms with van der Waals surface area (Å²) in [7, 11) is 0. The number of anilines is 1. The van der Waals surface area contributed by atoms with Gasteiger partial charge < -0.3 is 0 Å². The fourth-order valence-electron chi connectivity index (χ4n) is 2.91. The molecule has 0 bridgehead atoms. The van der Waals surface area contributed by atoms with E-state index >= 15 is 0 Å². The fourth-order valence-corrected chi connectivity index (χ4v) is 3.48. The van der Waals surface area contributed by atoms with Crippen LogP contribution in [0.5, 0.6) is 0 Å². The van der Waals surface area contributed by atoms with Crippen LogP contribution in [0.15, 0.2) is 54.6 Å². The minimum Gasteiger partial charge on any atom is -0.268 e. The van der Waals surface area contributed by atoms with Gasteiger partial charge in [-0.2, -0.15) is 0 Å². The van der Waals surface area contributed by atoms with Crippen LogP contribution in [0.3, 0.4) is 0 Å². The molecule has 0 saturated heterocycles. The Morgan fingerprint density at radius 3 is 1.70 bits per heavy atom. The van der Waals surface area contributed by atoms with Crippen LogP contribution in [0.2, 0.25) is 10.0 Å². The van der Waals surface area contributed by atoms with E-state index in [-0.39, 0.29) is 11.8 Å². The standard InChI is InChI=1S/C18H9Cl2NO2/c19-13-8-6-11-15-12(7-9-14(20)16(13)15)18(23)21(17(11)22)10-4-2-1-3-5-10/h1-9H. The third kappa shape index (κ3) is 1.97. The predicted octanol–water partition coefficient (Wildman–Crippen LogP) is 4.95. The molecule has 2 amide bonds. The average Bonchev–Trinajstić information content (AvgIpc) is 2.55. The molecule has 3 aromatic carbocycles. The maximum atomic E-state index is 12.9. The molecule has 0 N–H and O–H groups in total. The molecule has 0 atom stereocenters. The van der Waals surface area contributed by atoms with Crippen molar-refractivity contribution in [3.05, 3.63) is 75.8 Å². The predicted molar refractivity (Wildman–Crippen MR) is 91.5 cm³/mol. The first-order chi connectivity index (χ1) is 11.1. The second-order valence-electron chi connectivity index (χ2n) is 5.22. The number of carbonyl (C=O) groups excluding carboxylic acids is 2. The van der Waals surface area contributed by atoms with Gasteiger partial charge in [-0.3, -0.25) is 9.59 Å². The number of carbonyl (C=O) groups is 2. The molecular weight excluding hydrogens is 333 g/mol. The molecule has 0 unspecified atom stereocenters. The van der Waals surface area contributed by atoms with Crippen molar-refractivity contribution >= 4 is 51.5 Å². The van der Waals surface area contributed by atoms with Crippen LogP contribution < -0.4 is 4.90 Å². The van der Waals surface area contributed by atoms with E-state index in [1.165, 1.54) is 4.90 Å². The Bertz CT molecular complexity index is 926. The largest absolute Gasteiger partial charge is 0.268 e. The Morgan fingerprint density at radius 1 is 0.652 bits per heavy atom. The number of hydrogen-bond donors (Lipinski definition) is 0. The van der Waals surface area contributed by atoms with E-state index in [1.807, 2.05) is 6.07 Å². The van der Waals surface area contributed by atoms with Gasteiger partial charge in [0, 0.05) is 31.9 Å². The summed E-state index contributed by atoms with van der Waals surface area (Å²) in [6.45, 7) is 0. The lowest BCUT2D eigenvalue weighted by Crippen LogP contribution is -2.40. The van der Waals surface area contributed by atoms with Crippen molar-refractivity contribution in [1.82, 2.24) is 0 Å². The molecule has 4 rings (SSSR count). The number of imide groups is 1. The number of amides is 2. The number of rotatable bonds is 1. The zero-order chi connectivity index (χ0) is 16.1. The van der Waals surface area contributed by atoms with Crippen LogP contribution in [-0.4, -0.2) is 11.8 Å². The fraction of sp³-hybridized carbons (Fsp3) is 0. The summed E-state index contributed by atoms with van der Waals surface area (Å²) in [5, 5.41) is 1.90. The van der Waals surface area contributed by atoms with E-state index in [4.69, 9.17) is 23.2 Å². The first-order valence-electron chi connectivity index (χ1n) is 6.94. The Labute approximate surface area is 142 Å². The molecule has 1 heterocycles.